The number of hydrogen-bond donors (Lipinski definition) is 1. The highest BCUT2D eigenvalue weighted by Crippen LogP contribution is 2.48. The van der Waals surface area contributed by atoms with Crippen molar-refractivity contribution in [3.8, 4) is 0 Å². The van der Waals surface area contributed by atoms with E-state index in [1.807, 2.05) is 54.6 Å². The summed E-state index contributed by atoms with van der Waals surface area (Å²) in [5.74, 6) is 0. The molecule has 0 saturated heterocycles. The van der Waals surface area contributed by atoms with Crippen LogP contribution in [-0.4, -0.2) is 5.11 Å². The molecule has 0 bridgehead atoms. The molecule has 0 fully saturated rings. The number of rotatable bonds is 2. The quantitative estimate of drug-likeness (QED) is 0.723. The lowest BCUT2D eigenvalue weighted by molar-refractivity contribution is 0.241. The van der Waals surface area contributed by atoms with Gasteiger partial charge in [0.2, 0.25) is 0 Å². The first-order valence-electron chi connectivity index (χ1n) is 7.48. The summed E-state index contributed by atoms with van der Waals surface area (Å²) in [6, 6.07) is 28.6. The van der Waals surface area contributed by atoms with Gasteiger partial charge in [0.15, 0.2) is 0 Å². The van der Waals surface area contributed by atoms with Crippen LogP contribution in [0.15, 0.2) is 84.9 Å². The highest BCUT2D eigenvalue weighted by Gasteiger charge is 2.30. The van der Waals surface area contributed by atoms with E-state index in [4.69, 9.17) is 0 Å². The second kappa shape index (κ2) is 5.28. The minimum atomic E-state index is -0.575. The molecule has 1 N–H and O–H groups in total. The van der Waals surface area contributed by atoms with Gasteiger partial charge in [-0.25, -0.2) is 0 Å². The molecule has 3 aromatic carbocycles. The van der Waals surface area contributed by atoms with Crippen molar-refractivity contribution in [2.75, 3.05) is 0 Å². The molecule has 106 valence electrons. The van der Waals surface area contributed by atoms with Crippen LogP contribution in [0.3, 0.4) is 0 Å². The Morgan fingerprint density at radius 3 is 1.82 bits per heavy atom. The van der Waals surface area contributed by atoms with Crippen LogP contribution in [0.4, 0.5) is 0 Å². The lowest BCUT2D eigenvalue weighted by Crippen LogP contribution is -1.96. The molecule has 1 unspecified atom stereocenters. The van der Waals surface area contributed by atoms with Gasteiger partial charge in [-0.3, -0.25) is 0 Å². The topological polar surface area (TPSA) is 20.2 Å². The summed E-state index contributed by atoms with van der Waals surface area (Å²) < 4.78 is 0. The van der Waals surface area contributed by atoms with Crippen molar-refractivity contribution in [2.45, 2.75) is 6.10 Å². The third-order valence-electron chi connectivity index (χ3n) is 4.21. The Hall–Kier alpha value is -2.64. The smallest absolute Gasteiger partial charge is 0.106 e. The summed E-state index contributed by atoms with van der Waals surface area (Å²) >= 11 is 0. The molecule has 0 aliphatic heterocycles. The summed E-state index contributed by atoms with van der Waals surface area (Å²) in [5, 5.41) is 10.9. The Morgan fingerprint density at radius 2 is 1.14 bits per heavy atom. The fourth-order valence-corrected chi connectivity index (χ4v) is 3.24. The Balaban J connectivity index is 2.02. The Kier molecular flexibility index (Phi) is 3.14. The molecule has 0 saturated carbocycles. The van der Waals surface area contributed by atoms with Crippen LogP contribution in [0.1, 0.15) is 28.4 Å². The highest BCUT2D eigenvalue weighted by atomic mass is 16.3. The molecule has 1 aliphatic carbocycles. The van der Waals surface area contributed by atoms with Crippen LogP contribution in [0, 0.1) is 0 Å². The van der Waals surface area contributed by atoms with Gasteiger partial charge in [0.25, 0.3) is 0 Å². The first kappa shape index (κ1) is 13.1. The van der Waals surface area contributed by atoms with Crippen LogP contribution in [-0.2, 0) is 0 Å². The second-order valence-corrected chi connectivity index (χ2v) is 5.51. The maximum absolute atomic E-state index is 10.9. The molecule has 0 spiro atoms. The molecular formula is C21H16O. The third kappa shape index (κ3) is 1.99. The zero-order chi connectivity index (χ0) is 14.9. The van der Waals surface area contributed by atoms with E-state index in [1.54, 1.807) is 0 Å². The number of benzene rings is 3. The predicted octanol–water partition coefficient (Wildman–Crippen LogP) is 4.69. The molecule has 22 heavy (non-hydrogen) atoms. The van der Waals surface area contributed by atoms with Crippen molar-refractivity contribution < 1.29 is 5.11 Å². The van der Waals surface area contributed by atoms with Gasteiger partial charge < -0.3 is 5.11 Å². The van der Waals surface area contributed by atoms with Crippen LogP contribution >= 0.6 is 0 Å². The third-order valence-corrected chi connectivity index (χ3v) is 4.21. The predicted molar refractivity (Wildman–Crippen MR) is 90.2 cm³/mol. The average molecular weight is 284 g/mol. The minimum absolute atomic E-state index is 0.575. The maximum Gasteiger partial charge on any atom is 0.106 e. The van der Waals surface area contributed by atoms with Gasteiger partial charge in [0, 0.05) is 5.57 Å². The molecule has 1 heteroatoms. The van der Waals surface area contributed by atoms with E-state index in [0.717, 1.165) is 33.4 Å². The summed E-state index contributed by atoms with van der Waals surface area (Å²) in [5.41, 5.74) is 6.46. The van der Waals surface area contributed by atoms with Crippen LogP contribution in [0.25, 0.3) is 11.1 Å². The second-order valence-electron chi connectivity index (χ2n) is 5.51. The fourth-order valence-electron chi connectivity index (χ4n) is 3.24. The molecule has 3 aromatic rings. The first-order valence-corrected chi connectivity index (χ1v) is 7.48. The SMILES string of the molecule is OC1C(c2ccccc2)=C(c2ccccc2)c2ccccc21. The Labute approximate surface area is 130 Å². The van der Waals surface area contributed by atoms with Gasteiger partial charge in [-0.05, 0) is 27.8 Å². The number of fused-ring (bicyclic) bond motifs is 1. The summed E-state index contributed by atoms with van der Waals surface area (Å²) in [6.07, 6.45) is -0.575. The summed E-state index contributed by atoms with van der Waals surface area (Å²) in [6.45, 7) is 0. The van der Waals surface area contributed by atoms with E-state index in [9.17, 15) is 5.11 Å². The molecule has 0 amide bonds. The van der Waals surface area contributed by atoms with Gasteiger partial charge in [0.05, 0.1) is 0 Å². The molecule has 0 radical (unpaired) electrons. The summed E-state index contributed by atoms with van der Waals surface area (Å²) in [7, 11) is 0. The van der Waals surface area contributed by atoms with Gasteiger partial charge in [-0.2, -0.15) is 0 Å². The van der Waals surface area contributed by atoms with E-state index in [2.05, 4.69) is 30.3 Å². The van der Waals surface area contributed by atoms with E-state index in [-0.39, 0.29) is 0 Å². The largest absolute Gasteiger partial charge is 0.384 e. The van der Waals surface area contributed by atoms with Gasteiger partial charge in [-0.1, -0.05) is 84.9 Å². The van der Waals surface area contributed by atoms with Crippen molar-refractivity contribution in [3.63, 3.8) is 0 Å². The van der Waals surface area contributed by atoms with Crippen molar-refractivity contribution in [1.29, 1.82) is 0 Å². The zero-order valence-electron chi connectivity index (χ0n) is 12.1. The molecule has 1 aliphatic rings. The molecule has 1 nitrogen and oxygen atoms in total. The summed E-state index contributed by atoms with van der Waals surface area (Å²) in [4.78, 5) is 0. The Morgan fingerprint density at radius 1 is 0.591 bits per heavy atom. The van der Waals surface area contributed by atoms with Crippen molar-refractivity contribution in [1.82, 2.24) is 0 Å². The molecule has 0 heterocycles. The van der Waals surface area contributed by atoms with Crippen LogP contribution < -0.4 is 0 Å². The molecular weight excluding hydrogens is 268 g/mol. The lowest BCUT2D eigenvalue weighted by Gasteiger charge is -2.12. The van der Waals surface area contributed by atoms with E-state index in [1.165, 1.54) is 0 Å². The van der Waals surface area contributed by atoms with Crippen molar-refractivity contribution in [2.24, 2.45) is 0 Å². The van der Waals surface area contributed by atoms with Crippen molar-refractivity contribution >= 4 is 11.1 Å². The number of aliphatic hydroxyl groups is 1. The number of aliphatic hydroxyl groups excluding tert-OH is 1. The van der Waals surface area contributed by atoms with Gasteiger partial charge in [0.1, 0.15) is 6.10 Å². The minimum Gasteiger partial charge on any atom is -0.384 e. The normalized spacial score (nSPS) is 16.7. The first-order chi connectivity index (χ1) is 10.9. The number of hydrogen-bond acceptors (Lipinski definition) is 1. The van der Waals surface area contributed by atoms with E-state index >= 15 is 0 Å². The molecule has 1 atom stereocenters. The van der Waals surface area contributed by atoms with Crippen LogP contribution in [0.5, 0.6) is 0 Å². The average Bonchev–Trinajstić information content (AvgIpc) is 2.90. The van der Waals surface area contributed by atoms with Gasteiger partial charge >= 0.3 is 0 Å². The molecule has 0 aromatic heterocycles. The fraction of sp³-hybridized carbons (Fsp3) is 0.0476. The van der Waals surface area contributed by atoms with E-state index in [0.29, 0.717) is 0 Å². The maximum atomic E-state index is 10.9. The standard InChI is InChI=1S/C21H16O/c22-21-18-14-8-7-13-17(18)19(15-9-3-1-4-10-15)20(21)16-11-5-2-6-12-16/h1-14,21-22H. The van der Waals surface area contributed by atoms with Crippen LogP contribution in [0.2, 0.25) is 0 Å². The zero-order valence-corrected chi connectivity index (χ0v) is 12.1. The molecule has 4 rings (SSSR count). The highest BCUT2D eigenvalue weighted by molar-refractivity contribution is 6.04. The van der Waals surface area contributed by atoms with Gasteiger partial charge in [-0.15, -0.1) is 0 Å². The monoisotopic (exact) mass is 284 g/mol. The lowest BCUT2D eigenvalue weighted by atomic mass is 9.94. The van der Waals surface area contributed by atoms with Crippen molar-refractivity contribution in [3.05, 3.63) is 107 Å². The van der Waals surface area contributed by atoms with E-state index < -0.39 is 6.10 Å². The Bertz CT molecular complexity index is 832.